The van der Waals surface area contributed by atoms with Gasteiger partial charge in [-0.05, 0) is 48.5 Å². The van der Waals surface area contributed by atoms with E-state index >= 15 is 0 Å². The van der Waals surface area contributed by atoms with Crippen LogP contribution in [0.5, 0.6) is 5.75 Å². The molecule has 0 radical (unpaired) electrons. The van der Waals surface area contributed by atoms with E-state index in [-0.39, 0.29) is 0 Å². The van der Waals surface area contributed by atoms with E-state index in [2.05, 4.69) is 27.2 Å². The van der Waals surface area contributed by atoms with Crippen LogP contribution in [0, 0.1) is 6.92 Å². The van der Waals surface area contributed by atoms with E-state index in [4.69, 9.17) is 33.3 Å². The molecule has 0 saturated carbocycles. The lowest BCUT2D eigenvalue weighted by Crippen LogP contribution is -2.44. The second-order valence-electron chi connectivity index (χ2n) is 7.09. The molecule has 0 atom stereocenters. The first-order valence-electron chi connectivity index (χ1n) is 9.81. The summed E-state index contributed by atoms with van der Waals surface area (Å²) >= 11 is 12.2. The van der Waals surface area contributed by atoms with Crippen molar-refractivity contribution in [2.75, 3.05) is 51.8 Å². The summed E-state index contributed by atoms with van der Waals surface area (Å²) in [6.45, 7) is 7.96. The van der Waals surface area contributed by atoms with Gasteiger partial charge in [0, 0.05) is 32.7 Å². The van der Waals surface area contributed by atoms with Crippen molar-refractivity contribution < 1.29 is 9.47 Å². The van der Waals surface area contributed by atoms with Crippen molar-refractivity contribution in [1.29, 1.82) is 0 Å². The van der Waals surface area contributed by atoms with Crippen LogP contribution in [0.15, 0.2) is 42.5 Å². The van der Waals surface area contributed by atoms with Gasteiger partial charge in [-0.25, -0.2) is 0 Å². The zero-order valence-corrected chi connectivity index (χ0v) is 18.6. The molecule has 0 bridgehead atoms. The molecular weight excluding hydrogens is 406 g/mol. The minimum Gasteiger partial charge on any atom is -0.497 e. The Morgan fingerprint density at radius 3 is 2.62 bits per heavy atom. The average Bonchev–Trinajstić information content (AvgIpc) is 2.75. The molecule has 156 valence electrons. The number of hydrogen-bond donors (Lipinski definition) is 1. The molecular formula is C22H28ClN3O2S. The van der Waals surface area contributed by atoms with Crippen LogP contribution >= 0.6 is 23.8 Å². The van der Waals surface area contributed by atoms with Crippen LogP contribution < -0.4 is 10.1 Å². The van der Waals surface area contributed by atoms with E-state index in [1.54, 1.807) is 7.11 Å². The molecule has 0 aromatic heterocycles. The molecule has 3 rings (SSSR count). The van der Waals surface area contributed by atoms with Crippen molar-refractivity contribution in [1.82, 2.24) is 9.80 Å². The van der Waals surface area contributed by atoms with Gasteiger partial charge in [0.25, 0.3) is 0 Å². The zero-order valence-electron chi connectivity index (χ0n) is 17.0. The van der Waals surface area contributed by atoms with Gasteiger partial charge in [-0.3, -0.25) is 4.90 Å². The monoisotopic (exact) mass is 433 g/mol. The number of aryl methyl sites for hydroxylation is 1. The van der Waals surface area contributed by atoms with E-state index in [1.807, 2.05) is 37.3 Å². The Labute approximate surface area is 183 Å². The number of morpholine rings is 1. The molecule has 0 amide bonds. The predicted molar refractivity (Wildman–Crippen MR) is 123 cm³/mol. The summed E-state index contributed by atoms with van der Waals surface area (Å²) in [5.41, 5.74) is 3.03. The first-order chi connectivity index (χ1) is 14.1. The highest BCUT2D eigenvalue weighted by Crippen LogP contribution is 2.25. The molecule has 0 spiro atoms. The molecule has 1 aliphatic rings. The maximum absolute atomic E-state index is 6.46. The fourth-order valence-corrected chi connectivity index (χ4v) is 3.67. The molecule has 1 saturated heterocycles. The SMILES string of the molecule is COc1ccc(CN(CCN2CCOCC2)C(=S)Nc2cccc(C)c2Cl)cc1. The van der Waals surface area contributed by atoms with Crippen molar-refractivity contribution in [2.24, 2.45) is 0 Å². The molecule has 1 fully saturated rings. The summed E-state index contributed by atoms with van der Waals surface area (Å²) in [6, 6.07) is 14.0. The van der Waals surface area contributed by atoms with Gasteiger partial charge < -0.3 is 19.7 Å². The fourth-order valence-electron chi connectivity index (χ4n) is 3.23. The molecule has 1 aliphatic heterocycles. The number of nitrogens with one attached hydrogen (secondary N) is 1. The Morgan fingerprint density at radius 1 is 1.21 bits per heavy atom. The van der Waals surface area contributed by atoms with Crippen LogP contribution in [0.1, 0.15) is 11.1 Å². The summed E-state index contributed by atoms with van der Waals surface area (Å²) in [7, 11) is 1.67. The number of halogens is 1. The van der Waals surface area contributed by atoms with Gasteiger partial charge in [0.2, 0.25) is 0 Å². The standard InChI is InChI=1S/C22H28ClN3O2S/c1-17-4-3-5-20(21(17)23)24-22(29)26(11-10-25-12-14-28-15-13-25)16-18-6-8-19(27-2)9-7-18/h3-9H,10-16H2,1-2H3,(H,24,29). The van der Waals surface area contributed by atoms with E-state index in [0.29, 0.717) is 16.7 Å². The highest BCUT2D eigenvalue weighted by Gasteiger charge is 2.16. The third kappa shape index (κ3) is 6.31. The summed E-state index contributed by atoms with van der Waals surface area (Å²) in [5, 5.41) is 4.71. The Morgan fingerprint density at radius 2 is 1.93 bits per heavy atom. The van der Waals surface area contributed by atoms with Crippen molar-refractivity contribution in [3.8, 4) is 5.75 Å². The van der Waals surface area contributed by atoms with Crippen molar-refractivity contribution in [3.63, 3.8) is 0 Å². The molecule has 1 N–H and O–H groups in total. The first-order valence-corrected chi connectivity index (χ1v) is 10.6. The third-order valence-corrected chi connectivity index (χ3v) is 5.90. The molecule has 29 heavy (non-hydrogen) atoms. The quantitative estimate of drug-likeness (QED) is 0.660. The first kappa shape index (κ1) is 21.8. The Hall–Kier alpha value is -1.86. The minimum absolute atomic E-state index is 0.668. The second kappa shape index (κ2) is 10.8. The van der Waals surface area contributed by atoms with Gasteiger partial charge in [-0.1, -0.05) is 35.9 Å². The van der Waals surface area contributed by atoms with E-state index in [1.165, 1.54) is 5.56 Å². The maximum atomic E-state index is 6.46. The highest BCUT2D eigenvalue weighted by molar-refractivity contribution is 7.80. The van der Waals surface area contributed by atoms with Gasteiger partial charge in [0.1, 0.15) is 5.75 Å². The minimum atomic E-state index is 0.668. The van der Waals surface area contributed by atoms with Gasteiger partial charge >= 0.3 is 0 Å². The summed E-state index contributed by atoms with van der Waals surface area (Å²) in [4.78, 5) is 4.60. The third-order valence-electron chi connectivity index (χ3n) is 5.04. The van der Waals surface area contributed by atoms with Crippen molar-refractivity contribution in [3.05, 3.63) is 58.6 Å². The average molecular weight is 434 g/mol. The van der Waals surface area contributed by atoms with Gasteiger partial charge in [-0.2, -0.15) is 0 Å². The molecule has 1 heterocycles. The van der Waals surface area contributed by atoms with Crippen molar-refractivity contribution in [2.45, 2.75) is 13.5 Å². The van der Waals surface area contributed by atoms with Gasteiger partial charge in [-0.15, -0.1) is 0 Å². The number of rotatable bonds is 7. The van der Waals surface area contributed by atoms with Crippen LogP contribution in [-0.2, 0) is 11.3 Å². The number of hydrogen-bond acceptors (Lipinski definition) is 4. The molecule has 2 aromatic carbocycles. The number of benzene rings is 2. The van der Waals surface area contributed by atoms with Crippen LogP contribution in [0.25, 0.3) is 0 Å². The lowest BCUT2D eigenvalue weighted by Gasteiger charge is -2.31. The zero-order chi connectivity index (χ0) is 20.6. The Bertz CT molecular complexity index is 810. The number of thiocarbonyl (C=S) groups is 1. The Balaban J connectivity index is 1.70. The topological polar surface area (TPSA) is 37.0 Å². The number of nitrogens with zero attached hydrogens (tertiary/aromatic N) is 2. The summed E-state index contributed by atoms with van der Waals surface area (Å²) in [5.74, 6) is 0.848. The molecule has 0 aliphatic carbocycles. The fraction of sp³-hybridized carbons (Fsp3) is 0.409. The molecule has 0 unspecified atom stereocenters. The molecule has 7 heteroatoms. The van der Waals surface area contributed by atoms with Gasteiger partial charge in [0.15, 0.2) is 5.11 Å². The highest BCUT2D eigenvalue weighted by atomic mass is 35.5. The molecule has 2 aromatic rings. The predicted octanol–water partition coefficient (Wildman–Crippen LogP) is 4.19. The Kier molecular flexibility index (Phi) is 8.12. The largest absolute Gasteiger partial charge is 0.497 e. The smallest absolute Gasteiger partial charge is 0.173 e. The number of ether oxygens (including phenoxy) is 2. The maximum Gasteiger partial charge on any atom is 0.173 e. The van der Waals surface area contributed by atoms with E-state index < -0.39 is 0 Å². The van der Waals surface area contributed by atoms with Gasteiger partial charge in [0.05, 0.1) is 31.0 Å². The van der Waals surface area contributed by atoms with Crippen LogP contribution in [0.2, 0.25) is 5.02 Å². The number of anilines is 1. The van der Waals surface area contributed by atoms with Crippen LogP contribution in [0.4, 0.5) is 5.69 Å². The summed E-state index contributed by atoms with van der Waals surface area (Å²) < 4.78 is 10.7. The van der Waals surface area contributed by atoms with Crippen LogP contribution in [-0.4, -0.2) is 61.4 Å². The molecule has 5 nitrogen and oxygen atoms in total. The normalized spacial score (nSPS) is 14.4. The van der Waals surface area contributed by atoms with E-state index in [0.717, 1.165) is 56.4 Å². The van der Waals surface area contributed by atoms with Crippen molar-refractivity contribution >= 4 is 34.6 Å². The van der Waals surface area contributed by atoms with E-state index in [9.17, 15) is 0 Å². The number of methoxy groups -OCH3 is 1. The second-order valence-corrected chi connectivity index (χ2v) is 7.85. The lowest BCUT2D eigenvalue weighted by atomic mass is 10.2. The summed E-state index contributed by atoms with van der Waals surface area (Å²) in [6.07, 6.45) is 0. The lowest BCUT2D eigenvalue weighted by molar-refractivity contribution is 0.0358. The van der Waals surface area contributed by atoms with Crippen LogP contribution in [0.3, 0.4) is 0 Å².